The molecule has 0 spiro atoms. The third-order valence-electron chi connectivity index (χ3n) is 5.32. The molecule has 0 aliphatic heterocycles. The Bertz CT molecular complexity index is 1120. The lowest BCUT2D eigenvalue weighted by Crippen LogP contribution is -2.23. The monoisotopic (exact) mass is 378 g/mol. The van der Waals surface area contributed by atoms with Gasteiger partial charge in [-0.3, -0.25) is 10.1 Å². The fourth-order valence-electron chi connectivity index (χ4n) is 4.03. The molecule has 2 atom stereocenters. The number of nitrogens with zero attached hydrogens (tertiary/aromatic N) is 5. The Balaban J connectivity index is 1.74. The zero-order valence-electron chi connectivity index (χ0n) is 15.1. The fourth-order valence-corrected chi connectivity index (χ4v) is 4.03. The second-order valence-electron chi connectivity index (χ2n) is 7.14. The van der Waals surface area contributed by atoms with Crippen molar-refractivity contribution in [1.29, 1.82) is 0 Å². The number of aliphatic hydroxyl groups excluding tert-OH is 1. The van der Waals surface area contributed by atoms with Crippen molar-refractivity contribution in [3.63, 3.8) is 0 Å². The van der Waals surface area contributed by atoms with Crippen LogP contribution in [0.2, 0.25) is 0 Å². The van der Waals surface area contributed by atoms with Gasteiger partial charge in [0.2, 0.25) is 0 Å². The molecule has 2 N–H and O–H groups in total. The maximum Gasteiger partial charge on any atom is 0.199 e. The Morgan fingerprint density at radius 2 is 2.07 bits per heavy atom. The second kappa shape index (κ2) is 6.79. The van der Waals surface area contributed by atoms with E-state index in [0.29, 0.717) is 34.8 Å². The van der Waals surface area contributed by atoms with E-state index in [9.17, 15) is 9.50 Å². The average Bonchev–Trinajstić information content (AvgIpc) is 3.36. The summed E-state index contributed by atoms with van der Waals surface area (Å²) < 4.78 is 16.6. The van der Waals surface area contributed by atoms with Crippen molar-refractivity contribution in [2.24, 2.45) is 0 Å². The third-order valence-corrected chi connectivity index (χ3v) is 5.32. The molecule has 28 heavy (non-hydrogen) atoms. The first-order valence-corrected chi connectivity index (χ1v) is 9.38. The van der Waals surface area contributed by atoms with Crippen LogP contribution in [-0.2, 0) is 0 Å². The van der Waals surface area contributed by atoms with E-state index in [0.717, 1.165) is 24.8 Å². The quantitative estimate of drug-likeness (QED) is 0.569. The number of benzene rings is 1. The number of halogens is 1. The summed E-state index contributed by atoms with van der Waals surface area (Å²) in [7, 11) is 0. The Morgan fingerprint density at radius 1 is 1.18 bits per heavy atom. The molecule has 1 aliphatic carbocycles. The fraction of sp³-hybridized carbons (Fsp3) is 0.300. The number of nitrogens with one attached hydrogen (secondary N) is 1. The van der Waals surface area contributed by atoms with E-state index in [-0.39, 0.29) is 18.0 Å². The first kappa shape index (κ1) is 17.0. The zero-order chi connectivity index (χ0) is 19.1. The number of aromatic nitrogens is 6. The summed E-state index contributed by atoms with van der Waals surface area (Å²) in [5.74, 6) is 0.726. The van der Waals surface area contributed by atoms with Crippen molar-refractivity contribution in [1.82, 2.24) is 29.7 Å². The predicted octanol–water partition coefficient (Wildman–Crippen LogP) is 3.50. The summed E-state index contributed by atoms with van der Waals surface area (Å²) >= 11 is 0. The van der Waals surface area contributed by atoms with Gasteiger partial charge < -0.3 is 9.67 Å². The van der Waals surface area contributed by atoms with Crippen LogP contribution in [0.5, 0.6) is 0 Å². The number of H-pyrrole nitrogens is 1. The molecule has 1 fully saturated rings. The van der Waals surface area contributed by atoms with Crippen LogP contribution < -0.4 is 0 Å². The Hall–Kier alpha value is -3.13. The number of fused-ring (bicyclic) bond motifs is 1. The summed E-state index contributed by atoms with van der Waals surface area (Å²) in [4.78, 5) is 13.3. The van der Waals surface area contributed by atoms with Gasteiger partial charge in [0.15, 0.2) is 5.82 Å². The molecular weight excluding hydrogens is 359 g/mol. The van der Waals surface area contributed by atoms with Crippen LogP contribution in [0.4, 0.5) is 4.39 Å². The molecular formula is C20H19FN6O. The SMILES string of the molecule is O[C@@H]1CCCC(n2c(-c3ccccc3F)nc3cnc(-c4nc[nH]n4)cc32)C1. The minimum atomic E-state index is -0.362. The molecule has 0 bridgehead atoms. The van der Waals surface area contributed by atoms with E-state index in [1.54, 1.807) is 24.4 Å². The van der Waals surface area contributed by atoms with E-state index in [1.807, 2.05) is 10.6 Å². The van der Waals surface area contributed by atoms with Crippen LogP contribution in [0, 0.1) is 5.82 Å². The van der Waals surface area contributed by atoms with Gasteiger partial charge in [-0.2, -0.15) is 5.10 Å². The Morgan fingerprint density at radius 3 is 2.86 bits per heavy atom. The highest BCUT2D eigenvalue weighted by molar-refractivity contribution is 5.83. The van der Waals surface area contributed by atoms with Crippen molar-refractivity contribution in [2.45, 2.75) is 37.8 Å². The van der Waals surface area contributed by atoms with Gasteiger partial charge in [0.25, 0.3) is 0 Å². The highest BCUT2D eigenvalue weighted by atomic mass is 19.1. The molecule has 8 heteroatoms. The molecule has 3 aromatic heterocycles. The number of aliphatic hydroxyl groups is 1. The van der Waals surface area contributed by atoms with E-state index in [1.165, 1.54) is 12.4 Å². The normalized spacial score (nSPS) is 19.9. The largest absolute Gasteiger partial charge is 0.393 e. The zero-order valence-corrected chi connectivity index (χ0v) is 15.1. The van der Waals surface area contributed by atoms with Gasteiger partial charge >= 0.3 is 0 Å². The van der Waals surface area contributed by atoms with E-state index >= 15 is 0 Å². The highest BCUT2D eigenvalue weighted by Gasteiger charge is 2.27. The van der Waals surface area contributed by atoms with Crippen molar-refractivity contribution in [3.8, 4) is 22.9 Å². The van der Waals surface area contributed by atoms with E-state index in [2.05, 4.69) is 20.2 Å². The number of aromatic amines is 1. The van der Waals surface area contributed by atoms with Crippen LogP contribution in [0.15, 0.2) is 42.9 Å². The first-order valence-electron chi connectivity index (χ1n) is 9.38. The minimum absolute atomic E-state index is 0.0331. The van der Waals surface area contributed by atoms with Gasteiger partial charge in [-0.15, -0.1) is 0 Å². The van der Waals surface area contributed by atoms with Crippen LogP contribution >= 0.6 is 0 Å². The number of imidazole rings is 1. The smallest absolute Gasteiger partial charge is 0.199 e. The molecule has 1 unspecified atom stereocenters. The maximum atomic E-state index is 14.6. The molecule has 1 saturated carbocycles. The minimum Gasteiger partial charge on any atom is -0.393 e. The van der Waals surface area contributed by atoms with E-state index < -0.39 is 0 Å². The molecule has 0 saturated heterocycles. The van der Waals surface area contributed by atoms with Gasteiger partial charge in [-0.05, 0) is 43.9 Å². The number of hydrogen-bond donors (Lipinski definition) is 2. The first-order chi connectivity index (χ1) is 13.7. The van der Waals surface area contributed by atoms with E-state index in [4.69, 9.17) is 4.98 Å². The lowest BCUT2D eigenvalue weighted by atomic mass is 9.92. The maximum absolute atomic E-state index is 14.6. The van der Waals surface area contributed by atoms with Crippen molar-refractivity contribution >= 4 is 11.0 Å². The Labute approximate surface area is 160 Å². The summed E-state index contributed by atoms with van der Waals surface area (Å²) in [6.07, 6.45) is 6.04. The highest BCUT2D eigenvalue weighted by Crippen LogP contribution is 2.37. The second-order valence-corrected chi connectivity index (χ2v) is 7.14. The molecule has 3 heterocycles. The topological polar surface area (TPSA) is 92.5 Å². The average molecular weight is 378 g/mol. The van der Waals surface area contributed by atoms with Gasteiger partial charge in [-0.1, -0.05) is 12.1 Å². The summed E-state index contributed by atoms with van der Waals surface area (Å²) in [5.41, 5.74) is 2.58. The van der Waals surface area contributed by atoms with Gasteiger partial charge in [-0.25, -0.2) is 14.4 Å². The van der Waals surface area contributed by atoms with Gasteiger partial charge in [0.05, 0.1) is 23.4 Å². The number of pyridine rings is 1. The Kier molecular flexibility index (Phi) is 4.12. The molecule has 0 amide bonds. The standard InChI is InChI=1S/C20H19FN6O/c21-15-7-2-1-6-14(15)20-25-17-10-22-16(19-23-11-24-26-19)9-18(17)27(20)12-4-3-5-13(28)8-12/h1-2,6-7,9-13,28H,3-5,8H2,(H,23,24,26)/t12?,13-/m1/s1. The van der Waals surface area contributed by atoms with Crippen LogP contribution in [0.25, 0.3) is 33.9 Å². The number of rotatable bonds is 3. The summed E-state index contributed by atoms with van der Waals surface area (Å²) in [6.45, 7) is 0. The third kappa shape index (κ3) is 2.86. The molecule has 4 aromatic rings. The molecule has 142 valence electrons. The van der Waals surface area contributed by atoms with Crippen molar-refractivity contribution < 1.29 is 9.50 Å². The van der Waals surface area contributed by atoms with Crippen LogP contribution in [0.1, 0.15) is 31.7 Å². The van der Waals surface area contributed by atoms with Gasteiger partial charge in [0.1, 0.15) is 29.2 Å². The molecule has 0 radical (unpaired) electrons. The predicted molar refractivity (Wildman–Crippen MR) is 102 cm³/mol. The van der Waals surface area contributed by atoms with Crippen molar-refractivity contribution in [2.75, 3.05) is 0 Å². The number of hydrogen-bond acceptors (Lipinski definition) is 5. The van der Waals surface area contributed by atoms with Crippen LogP contribution in [0.3, 0.4) is 0 Å². The molecule has 7 nitrogen and oxygen atoms in total. The van der Waals surface area contributed by atoms with Crippen LogP contribution in [-0.4, -0.2) is 40.9 Å². The van der Waals surface area contributed by atoms with Crippen molar-refractivity contribution in [3.05, 3.63) is 48.7 Å². The molecule has 5 rings (SSSR count). The molecule has 1 aliphatic rings. The molecule has 1 aromatic carbocycles. The summed E-state index contributed by atoms with van der Waals surface area (Å²) in [5, 5.41) is 17.0. The van der Waals surface area contributed by atoms with Gasteiger partial charge in [0, 0.05) is 6.04 Å². The lowest BCUT2D eigenvalue weighted by Gasteiger charge is -2.29. The summed E-state index contributed by atoms with van der Waals surface area (Å²) in [6, 6.07) is 8.55. The lowest BCUT2D eigenvalue weighted by molar-refractivity contribution is 0.105.